The Morgan fingerprint density at radius 3 is 2.67 bits per heavy atom. The molecule has 30 heavy (non-hydrogen) atoms. The second-order valence-electron chi connectivity index (χ2n) is 8.11. The first-order valence-electron chi connectivity index (χ1n) is 10.1. The Bertz CT molecular complexity index is 1030. The SMILES string of the molecule is Cc1ccc(=O)n(CC(=O)N2C[C@@H]3COC[C@H](C2)N(C(=O)c2cc(C)oc2C)C3)n1. The van der Waals surface area contributed by atoms with Crippen molar-refractivity contribution in [2.24, 2.45) is 5.92 Å². The number of nitrogens with zero attached hydrogens (tertiary/aromatic N) is 4. The van der Waals surface area contributed by atoms with Crippen molar-refractivity contribution in [2.45, 2.75) is 33.4 Å². The van der Waals surface area contributed by atoms with Crippen LogP contribution in [0.4, 0.5) is 0 Å². The van der Waals surface area contributed by atoms with E-state index in [2.05, 4.69) is 5.10 Å². The zero-order chi connectivity index (χ0) is 21.4. The van der Waals surface area contributed by atoms with E-state index in [0.717, 1.165) is 0 Å². The summed E-state index contributed by atoms with van der Waals surface area (Å²) in [6, 6.07) is 4.54. The maximum atomic E-state index is 13.2. The van der Waals surface area contributed by atoms with E-state index in [-0.39, 0.29) is 35.9 Å². The Morgan fingerprint density at radius 2 is 1.93 bits per heavy atom. The van der Waals surface area contributed by atoms with Crippen LogP contribution in [-0.2, 0) is 16.1 Å². The van der Waals surface area contributed by atoms with Gasteiger partial charge in [0.15, 0.2) is 0 Å². The quantitative estimate of drug-likeness (QED) is 0.736. The van der Waals surface area contributed by atoms with Crippen LogP contribution in [0.1, 0.15) is 27.6 Å². The second-order valence-corrected chi connectivity index (χ2v) is 8.11. The number of amides is 2. The van der Waals surface area contributed by atoms with Crippen molar-refractivity contribution in [3.63, 3.8) is 0 Å². The summed E-state index contributed by atoms with van der Waals surface area (Å²) in [5.74, 6) is 1.00. The molecule has 4 rings (SSSR count). The highest BCUT2D eigenvalue weighted by molar-refractivity contribution is 5.95. The summed E-state index contributed by atoms with van der Waals surface area (Å²) < 4.78 is 12.5. The molecule has 2 aromatic rings. The van der Waals surface area contributed by atoms with Gasteiger partial charge in [0.25, 0.3) is 11.5 Å². The van der Waals surface area contributed by atoms with Crippen molar-refractivity contribution in [1.82, 2.24) is 19.6 Å². The molecule has 2 bridgehead atoms. The van der Waals surface area contributed by atoms with Crippen LogP contribution < -0.4 is 5.56 Å². The van der Waals surface area contributed by atoms with Crippen LogP contribution >= 0.6 is 0 Å². The predicted octanol–water partition coefficient (Wildman–Crippen LogP) is 0.761. The number of rotatable bonds is 3. The number of fused-ring (bicyclic) bond motifs is 3. The molecule has 0 radical (unpaired) electrons. The van der Waals surface area contributed by atoms with Gasteiger partial charge in [0.2, 0.25) is 5.91 Å². The van der Waals surface area contributed by atoms with Crippen molar-refractivity contribution < 1.29 is 18.7 Å². The Balaban J connectivity index is 1.54. The molecule has 0 aromatic carbocycles. The summed E-state index contributed by atoms with van der Waals surface area (Å²) in [7, 11) is 0. The number of aryl methyl sites for hydroxylation is 3. The summed E-state index contributed by atoms with van der Waals surface area (Å²) in [5, 5.41) is 4.16. The average molecular weight is 414 g/mol. The Labute approximate surface area is 174 Å². The maximum absolute atomic E-state index is 13.2. The largest absolute Gasteiger partial charge is 0.466 e. The molecule has 0 aliphatic carbocycles. The van der Waals surface area contributed by atoms with Crippen molar-refractivity contribution in [3.05, 3.63) is 51.3 Å². The molecule has 0 N–H and O–H groups in total. The monoisotopic (exact) mass is 414 g/mol. The third-order valence-electron chi connectivity index (χ3n) is 5.64. The zero-order valence-corrected chi connectivity index (χ0v) is 17.5. The summed E-state index contributed by atoms with van der Waals surface area (Å²) >= 11 is 0. The van der Waals surface area contributed by atoms with Crippen LogP contribution in [0.25, 0.3) is 0 Å². The standard InChI is InChI=1S/C21H26N4O5/c1-13-4-5-19(26)25(22-13)10-20(27)23-7-16-8-24(17(9-23)12-29-11-16)21(28)18-6-14(2)30-15(18)3/h4-6,16-17H,7-12H2,1-3H3/t16-,17-/m0/s1. The van der Waals surface area contributed by atoms with E-state index in [1.807, 2.05) is 6.92 Å². The molecule has 0 spiro atoms. The lowest BCUT2D eigenvalue weighted by molar-refractivity contribution is -0.134. The number of aromatic nitrogens is 2. The van der Waals surface area contributed by atoms with Gasteiger partial charge in [0.1, 0.15) is 18.1 Å². The van der Waals surface area contributed by atoms with Crippen LogP contribution in [0.15, 0.2) is 27.4 Å². The first-order chi connectivity index (χ1) is 14.3. The van der Waals surface area contributed by atoms with Crippen LogP contribution in [0.3, 0.4) is 0 Å². The van der Waals surface area contributed by atoms with Gasteiger partial charge >= 0.3 is 0 Å². The lowest BCUT2D eigenvalue weighted by Crippen LogP contribution is -2.48. The smallest absolute Gasteiger partial charge is 0.267 e. The van der Waals surface area contributed by atoms with Crippen molar-refractivity contribution >= 4 is 11.8 Å². The first-order valence-corrected chi connectivity index (χ1v) is 10.1. The molecule has 2 amide bonds. The molecule has 2 atom stereocenters. The predicted molar refractivity (Wildman–Crippen MR) is 107 cm³/mol. The topological polar surface area (TPSA) is 97.9 Å². The fourth-order valence-electron chi connectivity index (χ4n) is 4.19. The molecule has 4 heterocycles. The summed E-state index contributed by atoms with van der Waals surface area (Å²) in [5.41, 5.74) is 0.912. The number of carbonyl (C=O) groups is 2. The molecule has 9 heteroatoms. The highest BCUT2D eigenvalue weighted by Crippen LogP contribution is 2.24. The Morgan fingerprint density at radius 1 is 1.13 bits per heavy atom. The number of furan rings is 1. The van der Waals surface area contributed by atoms with Crippen molar-refractivity contribution in [3.8, 4) is 0 Å². The van der Waals surface area contributed by atoms with E-state index in [1.165, 1.54) is 10.7 Å². The Hall–Kier alpha value is -2.94. The molecule has 2 aliphatic heterocycles. The van der Waals surface area contributed by atoms with E-state index in [1.54, 1.807) is 35.8 Å². The highest BCUT2D eigenvalue weighted by atomic mass is 16.5. The van der Waals surface area contributed by atoms with E-state index in [9.17, 15) is 14.4 Å². The molecule has 2 aromatic heterocycles. The van der Waals surface area contributed by atoms with Gasteiger partial charge in [0.05, 0.1) is 30.5 Å². The fraction of sp³-hybridized carbons (Fsp3) is 0.524. The van der Waals surface area contributed by atoms with E-state index in [0.29, 0.717) is 55.6 Å². The minimum atomic E-state index is -0.310. The molecule has 0 unspecified atom stereocenters. The molecule has 2 fully saturated rings. The molecular formula is C21H26N4O5. The molecule has 0 saturated carbocycles. The van der Waals surface area contributed by atoms with Crippen molar-refractivity contribution in [2.75, 3.05) is 32.8 Å². The number of ether oxygens (including phenoxy) is 1. The van der Waals surface area contributed by atoms with Crippen molar-refractivity contribution in [1.29, 1.82) is 0 Å². The minimum absolute atomic E-state index is 0.000828. The number of carbonyl (C=O) groups excluding carboxylic acids is 2. The third kappa shape index (κ3) is 4.02. The minimum Gasteiger partial charge on any atom is -0.466 e. The Kier molecular flexibility index (Phi) is 5.46. The summed E-state index contributed by atoms with van der Waals surface area (Å²) in [6.07, 6.45) is 0. The van der Waals surface area contributed by atoms with Gasteiger partial charge < -0.3 is 19.0 Å². The molecule has 2 aliphatic rings. The summed E-state index contributed by atoms with van der Waals surface area (Å²) in [4.78, 5) is 41.8. The van der Waals surface area contributed by atoms with Gasteiger partial charge in [-0.2, -0.15) is 5.10 Å². The second kappa shape index (κ2) is 8.06. The normalized spacial score (nSPS) is 21.4. The van der Waals surface area contributed by atoms with Crippen LogP contribution in [0.5, 0.6) is 0 Å². The van der Waals surface area contributed by atoms with Gasteiger partial charge in [-0.1, -0.05) is 0 Å². The van der Waals surface area contributed by atoms with Crippen LogP contribution in [0.2, 0.25) is 0 Å². The lowest BCUT2D eigenvalue weighted by Gasteiger charge is -2.31. The molecule has 160 valence electrons. The first kappa shape index (κ1) is 20.3. The summed E-state index contributed by atoms with van der Waals surface area (Å²) in [6.45, 7) is 7.45. The van der Waals surface area contributed by atoms with E-state index >= 15 is 0 Å². The molecular weight excluding hydrogens is 388 g/mol. The average Bonchev–Trinajstić information content (AvgIpc) is 2.84. The van der Waals surface area contributed by atoms with Crippen LogP contribution in [0, 0.1) is 26.7 Å². The van der Waals surface area contributed by atoms with Gasteiger partial charge in [-0.05, 0) is 32.9 Å². The van der Waals surface area contributed by atoms with Gasteiger partial charge in [-0.3, -0.25) is 14.4 Å². The molecule has 2 saturated heterocycles. The van der Waals surface area contributed by atoms with E-state index < -0.39 is 0 Å². The van der Waals surface area contributed by atoms with Gasteiger partial charge in [-0.15, -0.1) is 0 Å². The fourth-order valence-corrected chi connectivity index (χ4v) is 4.19. The number of hydrogen-bond acceptors (Lipinski definition) is 6. The zero-order valence-electron chi connectivity index (χ0n) is 17.5. The van der Waals surface area contributed by atoms with Gasteiger partial charge in [-0.25, -0.2) is 4.68 Å². The lowest BCUT2D eigenvalue weighted by atomic mass is 10.1. The van der Waals surface area contributed by atoms with E-state index in [4.69, 9.17) is 9.15 Å². The number of hydrogen-bond donors (Lipinski definition) is 0. The molecule has 9 nitrogen and oxygen atoms in total. The third-order valence-corrected chi connectivity index (χ3v) is 5.64. The highest BCUT2D eigenvalue weighted by Gasteiger charge is 2.38. The van der Waals surface area contributed by atoms with Gasteiger partial charge in [0, 0.05) is 31.6 Å². The van der Waals surface area contributed by atoms with Crippen LogP contribution in [-0.4, -0.2) is 70.3 Å². The maximum Gasteiger partial charge on any atom is 0.267 e.